The van der Waals surface area contributed by atoms with Crippen LogP contribution in [0.2, 0.25) is 0 Å². The molecule has 1 aliphatic heterocycles. The van der Waals surface area contributed by atoms with Crippen LogP contribution in [0.1, 0.15) is 31.7 Å². The van der Waals surface area contributed by atoms with Gasteiger partial charge in [0.15, 0.2) is 0 Å². The molecular weight excluding hydrogens is 241 g/mol. The number of nitrogens with zero attached hydrogens (tertiary/aromatic N) is 1. The summed E-state index contributed by atoms with van der Waals surface area (Å²) in [6.07, 6.45) is 4.06. The molecular formula is C16H22FNO. The zero-order chi connectivity index (χ0) is 13.7. The van der Waals surface area contributed by atoms with Gasteiger partial charge in [0.25, 0.3) is 0 Å². The van der Waals surface area contributed by atoms with Crippen molar-refractivity contribution >= 4 is 5.78 Å². The number of hydrogen-bond donors (Lipinski definition) is 0. The van der Waals surface area contributed by atoms with Gasteiger partial charge < -0.3 is 4.90 Å². The van der Waals surface area contributed by atoms with Gasteiger partial charge in [-0.3, -0.25) is 4.79 Å². The van der Waals surface area contributed by atoms with Gasteiger partial charge >= 0.3 is 0 Å². The van der Waals surface area contributed by atoms with Gasteiger partial charge in [0.1, 0.15) is 11.6 Å². The Labute approximate surface area is 114 Å². The summed E-state index contributed by atoms with van der Waals surface area (Å²) in [4.78, 5) is 13.3. The van der Waals surface area contributed by atoms with Crippen LogP contribution in [0.4, 0.5) is 4.39 Å². The third kappa shape index (κ3) is 4.75. The normalized spacial score (nSPS) is 17.6. The maximum Gasteiger partial charge on any atom is 0.131 e. The number of halogens is 1. The van der Waals surface area contributed by atoms with E-state index in [1.165, 1.54) is 30.5 Å². The van der Waals surface area contributed by atoms with Crippen LogP contribution in [0.5, 0.6) is 0 Å². The fourth-order valence-corrected chi connectivity index (χ4v) is 2.68. The molecule has 2 rings (SSSR count). The molecule has 0 unspecified atom stereocenters. The van der Waals surface area contributed by atoms with Gasteiger partial charge in [-0.25, -0.2) is 4.39 Å². The first-order chi connectivity index (χ1) is 9.13. The number of piperidine rings is 1. The fraction of sp³-hybridized carbons (Fsp3) is 0.562. The highest BCUT2D eigenvalue weighted by atomic mass is 19.1. The molecule has 1 aliphatic rings. The van der Waals surface area contributed by atoms with Crippen LogP contribution < -0.4 is 0 Å². The van der Waals surface area contributed by atoms with Gasteiger partial charge in [-0.2, -0.15) is 0 Å². The average molecular weight is 263 g/mol. The van der Waals surface area contributed by atoms with Crippen LogP contribution in [0.15, 0.2) is 24.3 Å². The van der Waals surface area contributed by atoms with E-state index in [4.69, 9.17) is 0 Å². The predicted molar refractivity (Wildman–Crippen MR) is 74.6 cm³/mol. The molecule has 3 heteroatoms. The van der Waals surface area contributed by atoms with Gasteiger partial charge in [-0.05, 0) is 62.9 Å². The van der Waals surface area contributed by atoms with Crippen molar-refractivity contribution in [2.75, 3.05) is 19.6 Å². The maximum absolute atomic E-state index is 12.8. The van der Waals surface area contributed by atoms with Gasteiger partial charge in [0, 0.05) is 13.0 Å². The van der Waals surface area contributed by atoms with Crippen molar-refractivity contribution < 1.29 is 9.18 Å². The van der Waals surface area contributed by atoms with Crippen LogP contribution in [-0.2, 0) is 11.2 Å². The minimum absolute atomic E-state index is 0.164. The van der Waals surface area contributed by atoms with E-state index in [0.29, 0.717) is 12.3 Å². The van der Waals surface area contributed by atoms with E-state index in [9.17, 15) is 9.18 Å². The Morgan fingerprint density at radius 1 is 1.26 bits per heavy atom. The molecule has 104 valence electrons. The summed E-state index contributed by atoms with van der Waals surface area (Å²) in [5.41, 5.74) is 1.23. The van der Waals surface area contributed by atoms with Crippen molar-refractivity contribution in [1.82, 2.24) is 4.90 Å². The maximum atomic E-state index is 12.8. The van der Waals surface area contributed by atoms with Crippen LogP contribution in [0.3, 0.4) is 0 Å². The van der Waals surface area contributed by atoms with Crippen LogP contribution in [0.25, 0.3) is 0 Å². The van der Waals surface area contributed by atoms with Crippen LogP contribution >= 0.6 is 0 Å². The molecule has 0 saturated carbocycles. The highest BCUT2D eigenvalue weighted by Gasteiger charge is 2.19. The van der Waals surface area contributed by atoms with E-state index in [2.05, 4.69) is 4.90 Å². The Kier molecular flexibility index (Phi) is 5.08. The molecule has 1 heterocycles. The number of benzene rings is 1. The first-order valence-corrected chi connectivity index (χ1v) is 7.10. The van der Waals surface area contributed by atoms with Crippen molar-refractivity contribution in [3.05, 3.63) is 35.6 Å². The molecule has 0 spiro atoms. The van der Waals surface area contributed by atoms with Crippen molar-refractivity contribution in [3.63, 3.8) is 0 Å². The molecule has 0 aliphatic carbocycles. The highest BCUT2D eigenvalue weighted by Crippen LogP contribution is 2.21. The van der Waals surface area contributed by atoms with E-state index in [0.717, 1.165) is 26.1 Å². The Morgan fingerprint density at radius 3 is 2.47 bits per heavy atom. The Morgan fingerprint density at radius 2 is 1.89 bits per heavy atom. The molecule has 0 aromatic heterocycles. The lowest BCUT2D eigenvalue weighted by molar-refractivity contribution is -0.117. The minimum Gasteiger partial charge on any atom is -0.303 e. The summed E-state index contributed by atoms with van der Waals surface area (Å²) in [5, 5.41) is 0. The zero-order valence-corrected chi connectivity index (χ0v) is 11.6. The molecule has 0 amide bonds. The lowest BCUT2D eigenvalue weighted by Crippen LogP contribution is -2.35. The molecule has 1 fully saturated rings. The summed E-state index contributed by atoms with van der Waals surface area (Å²) < 4.78 is 12.8. The molecule has 2 nitrogen and oxygen atoms in total. The molecule has 0 radical (unpaired) electrons. The second kappa shape index (κ2) is 6.80. The second-order valence-electron chi connectivity index (χ2n) is 5.57. The standard InChI is InChI=1S/C16H22FNO/c1-13(19)6-9-18-10-7-15(8-11-18)12-14-2-4-16(17)5-3-14/h2-5,15H,6-12H2,1H3. The van der Waals surface area contributed by atoms with E-state index < -0.39 is 0 Å². The van der Waals surface area contributed by atoms with Gasteiger partial charge in [0.2, 0.25) is 0 Å². The van der Waals surface area contributed by atoms with Crippen LogP contribution in [0, 0.1) is 11.7 Å². The van der Waals surface area contributed by atoms with Crippen molar-refractivity contribution in [1.29, 1.82) is 0 Å². The first kappa shape index (κ1) is 14.2. The zero-order valence-electron chi connectivity index (χ0n) is 11.6. The lowest BCUT2D eigenvalue weighted by Gasteiger charge is -2.31. The smallest absolute Gasteiger partial charge is 0.131 e. The molecule has 0 bridgehead atoms. The molecule has 1 aromatic carbocycles. The Balaban J connectivity index is 1.74. The quantitative estimate of drug-likeness (QED) is 0.813. The first-order valence-electron chi connectivity index (χ1n) is 7.10. The molecule has 1 aromatic rings. The highest BCUT2D eigenvalue weighted by molar-refractivity contribution is 5.75. The molecule has 1 saturated heterocycles. The summed E-state index contributed by atoms with van der Waals surface area (Å²) in [6, 6.07) is 6.85. The van der Waals surface area contributed by atoms with Crippen molar-refractivity contribution in [2.45, 2.75) is 32.6 Å². The fourth-order valence-electron chi connectivity index (χ4n) is 2.68. The number of ketones is 1. The number of likely N-dealkylation sites (tertiary alicyclic amines) is 1. The number of carbonyl (C=O) groups is 1. The third-order valence-corrected chi connectivity index (χ3v) is 3.92. The average Bonchev–Trinajstić information content (AvgIpc) is 2.40. The Bertz CT molecular complexity index is 407. The van der Waals surface area contributed by atoms with E-state index in [1.807, 2.05) is 12.1 Å². The number of Topliss-reactive ketones (excluding diaryl/α,β-unsaturated/α-hetero) is 1. The predicted octanol–water partition coefficient (Wildman–Crippen LogP) is 3.06. The SMILES string of the molecule is CC(=O)CCN1CCC(Cc2ccc(F)cc2)CC1. The summed E-state index contributed by atoms with van der Waals surface area (Å²) in [7, 11) is 0. The summed E-state index contributed by atoms with van der Waals surface area (Å²) >= 11 is 0. The topological polar surface area (TPSA) is 20.3 Å². The van der Waals surface area contributed by atoms with Gasteiger partial charge in [-0.1, -0.05) is 12.1 Å². The van der Waals surface area contributed by atoms with Crippen molar-refractivity contribution in [3.8, 4) is 0 Å². The number of rotatable bonds is 5. The molecule has 19 heavy (non-hydrogen) atoms. The van der Waals surface area contributed by atoms with E-state index in [1.54, 1.807) is 6.92 Å². The monoisotopic (exact) mass is 263 g/mol. The van der Waals surface area contributed by atoms with E-state index in [-0.39, 0.29) is 11.6 Å². The van der Waals surface area contributed by atoms with E-state index >= 15 is 0 Å². The number of hydrogen-bond acceptors (Lipinski definition) is 2. The van der Waals surface area contributed by atoms with Gasteiger partial charge in [-0.15, -0.1) is 0 Å². The van der Waals surface area contributed by atoms with Crippen LogP contribution in [-0.4, -0.2) is 30.3 Å². The molecule has 0 atom stereocenters. The third-order valence-electron chi connectivity index (χ3n) is 3.92. The number of carbonyl (C=O) groups excluding carboxylic acids is 1. The van der Waals surface area contributed by atoms with Crippen molar-refractivity contribution in [2.24, 2.45) is 5.92 Å². The van der Waals surface area contributed by atoms with Gasteiger partial charge in [0.05, 0.1) is 0 Å². The Hall–Kier alpha value is -1.22. The summed E-state index contributed by atoms with van der Waals surface area (Å²) in [5.74, 6) is 0.801. The largest absolute Gasteiger partial charge is 0.303 e. The minimum atomic E-state index is -0.164. The second-order valence-corrected chi connectivity index (χ2v) is 5.57. The molecule has 0 N–H and O–H groups in total. The summed E-state index contributed by atoms with van der Waals surface area (Å²) in [6.45, 7) is 4.72. The lowest BCUT2D eigenvalue weighted by atomic mass is 9.90.